The van der Waals surface area contributed by atoms with Gasteiger partial charge in [0, 0.05) is 17.5 Å². The molecular weight excluding hydrogens is 218 g/mol. The van der Waals surface area contributed by atoms with Crippen LogP contribution in [0.15, 0.2) is 17.5 Å². The molecule has 0 fully saturated rings. The van der Waals surface area contributed by atoms with E-state index >= 15 is 0 Å². The zero-order valence-corrected chi connectivity index (χ0v) is 11.3. The van der Waals surface area contributed by atoms with Crippen LogP contribution in [0.2, 0.25) is 0 Å². The van der Waals surface area contributed by atoms with Crippen molar-refractivity contribution in [1.29, 1.82) is 0 Å². The Labute approximate surface area is 103 Å². The first-order valence-corrected chi connectivity index (χ1v) is 6.93. The molecule has 92 valence electrons. The normalized spacial score (nSPS) is 14.9. The first kappa shape index (κ1) is 13.7. The van der Waals surface area contributed by atoms with Crippen molar-refractivity contribution >= 4 is 11.3 Å². The van der Waals surface area contributed by atoms with E-state index in [1.165, 1.54) is 11.3 Å². The molecule has 1 aromatic rings. The van der Waals surface area contributed by atoms with Gasteiger partial charge in [0.05, 0.1) is 6.61 Å². The summed E-state index contributed by atoms with van der Waals surface area (Å²) in [4.78, 5) is 1.48. The van der Waals surface area contributed by atoms with Crippen molar-refractivity contribution in [3.63, 3.8) is 0 Å². The predicted octanol–water partition coefficient (Wildman–Crippen LogP) is 2.94. The van der Waals surface area contributed by atoms with E-state index in [4.69, 9.17) is 4.74 Å². The van der Waals surface area contributed by atoms with Crippen LogP contribution < -0.4 is 5.32 Å². The van der Waals surface area contributed by atoms with Gasteiger partial charge in [0.15, 0.2) is 0 Å². The largest absolute Gasteiger partial charge is 0.380 e. The van der Waals surface area contributed by atoms with E-state index in [1.54, 1.807) is 0 Å². The maximum atomic E-state index is 5.37. The van der Waals surface area contributed by atoms with Gasteiger partial charge in [-0.05, 0) is 44.2 Å². The summed E-state index contributed by atoms with van der Waals surface area (Å²) in [6.45, 7) is 9.17. The van der Waals surface area contributed by atoms with E-state index in [0.717, 1.165) is 19.8 Å². The lowest BCUT2D eigenvalue weighted by molar-refractivity contribution is 0.126. The van der Waals surface area contributed by atoms with E-state index in [1.807, 2.05) is 18.3 Å². The fourth-order valence-corrected chi connectivity index (χ4v) is 2.47. The van der Waals surface area contributed by atoms with Crippen molar-refractivity contribution in [3.05, 3.63) is 22.4 Å². The molecule has 0 saturated carbocycles. The second-order valence-electron chi connectivity index (χ2n) is 4.36. The molecular formula is C13H23NOS. The summed E-state index contributed by atoms with van der Waals surface area (Å²) >= 11 is 1.85. The number of hydrogen-bond donors (Lipinski definition) is 1. The Morgan fingerprint density at radius 1 is 1.44 bits per heavy atom. The van der Waals surface area contributed by atoms with Crippen LogP contribution >= 0.6 is 11.3 Å². The number of thiophene rings is 1. The third-order valence-electron chi connectivity index (χ3n) is 2.52. The Morgan fingerprint density at radius 3 is 2.88 bits per heavy atom. The molecule has 1 rings (SSSR count). The average molecular weight is 241 g/mol. The van der Waals surface area contributed by atoms with Crippen molar-refractivity contribution in [2.75, 3.05) is 19.8 Å². The summed E-state index contributed by atoms with van der Waals surface area (Å²) in [5, 5.41) is 5.66. The van der Waals surface area contributed by atoms with Crippen molar-refractivity contribution in [2.45, 2.75) is 33.2 Å². The highest BCUT2D eigenvalue weighted by atomic mass is 32.1. The Morgan fingerprint density at radius 2 is 2.25 bits per heavy atom. The molecule has 0 saturated heterocycles. The molecule has 2 nitrogen and oxygen atoms in total. The molecule has 0 aromatic carbocycles. The quantitative estimate of drug-likeness (QED) is 0.755. The molecule has 0 radical (unpaired) electrons. The summed E-state index contributed by atoms with van der Waals surface area (Å²) in [7, 11) is 0. The van der Waals surface area contributed by atoms with Crippen LogP contribution in [0.3, 0.4) is 0 Å². The van der Waals surface area contributed by atoms with Gasteiger partial charge in [0.1, 0.15) is 0 Å². The van der Waals surface area contributed by atoms with E-state index in [0.29, 0.717) is 12.0 Å². The summed E-state index contributed by atoms with van der Waals surface area (Å²) in [6.07, 6.45) is 1.17. The SMILES string of the molecule is CCOCC(C)NCC(C)Cc1cccs1. The van der Waals surface area contributed by atoms with Crippen LogP contribution in [0.25, 0.3) is 0 Å². The number of ether oxygens (including phenoxy) is 1. The third-order valence-corrected chi connectivity index (χ3v) is 3.42. The minimum atomic E-state index is 0.450. The highest BCUT2D eigenvalue weighted by Crippen LogP contribution is 2.13. The second kappa shape index (κ2) is 7.82. The minimum Gasteiger partial charge on any atom is -0.380 e. The molecule has 0 aliphatic rings. The molecule has 0 bridgehead atoms. The van der Waals surface area contributed by atoms with Gasteiger partial charge in [-0.15, -0.1) is 11.3 Å². The molecule has 0 spiro atoms. The van der Waals surface area contributed by atoms with Gasteiger partial charge in [-0.2, -0.15) is 0 Å². The Bertz CT molecular complexity index is 261. The van der Waals surface area contributed by atoms with Crippen molar-refractivity contribution in [2.24, 2.45) is 5.92 Å². The van der Waals surface area contributed by atoms with Crippen LogP contribution in [0.1, 0.15) is 25.6 Å². The van der Waals surface area contributed by atoms with Crippen LogP contribution in [0.4, 0.5) is 0 Å². The van der Waals surface area contributed by atoms with Crippen LogP contribution in [-0.2, 0) is 11.2 Å². The first-order chi connectivity index (χ1) is 7.72. The Kier molecular flexibility index (Phi) is 6.69. The van der Waals surface area contributed by atoms with Crippen molar-refractivity contribution < 1.29 is 4.74 Å². The number of rotatable bonds is 8. The van der Waals surface area contributed by atoms with E-state index in [9.17, 15) is 0 Å². The smallest absolute Gasteiger partial charge is 0.0616 e. The van der Waals surface area contributed by atoms with Crippen molar-refractivity contribution in [3.8, 4) is 0 Å². The molecule has 1 aromatic heterocycles. The highest BCUT2D eigenvalue weighted by molar-refractivity contribution is 7.09. The molecule has 16 heavy (non-hydrogen) atoms. The number of nitrogens with one attached hydrogen (secondary N) is 1. The molecule has 2 unspecified atom stereocenters. The molecule has 1 heterocycles. The maximum absolute atomic E-state index is 5.37. The lowest BCUT2D eigenvalue weighted by Gasteiger charge is -2.17. The second-order valence-corrected chi connectivity index (χ2v) is 5.39. The number of hydrogen-bond acceptors (Lipinski definition) is 3. The van der Waals surface area contributed by atoms with Gasteiger partial charge in [0.2, 0.25) is 0 Å². The van der Waals surface area contributed by atoms with Gasteiger partial charge >= 0.3 is 0 Å². The third kappa shape index (κ3) is 5.64. The van der Waals surface area contributed by atoms with Gasteiger partial charge in [-0.3, -0.25) is 0 Å². The van der Waals surface area contributed by atoms with Gasteiger partial charge in [-0.25, -0.2) is 0 Å². The molecule has 0 aliphatic carbocycles. The summed E-state index contributed by atoms with van der Waals surface area (Å²) in [5.74, 6) is 0.683. The lowest BCUT2D eigenvalue weighted by Crippen LogP contribution is -2.34. The van der Waals surface area contributed by atoms with Gasteiger partial charge in [-0.1, -0.05) is 13.0 Å². The van der Waals surface area contributed by atoms with Crippen LogP contribution in [-0.4, -0.2) is 25.8 Å². The topological polar surface area (TPSA) is 21.3 Å². The fourth-order valence-electron chi connectivity index (χ4n) is 1.60. The van der Waals surface area contributed by atoms with Crippen LogP contribution in [0, 0.1) is 5.92 Å². The molecule has 3 heteroatoms. The molecule has 0 aliphatic heterocycles. The van der Waals surface area contributed by atoms with Crippen LogP contribution in [0.5, 0.6) is 0 Å². The summed E-state index contributed by atoms with van der Waals surface area (Å²) < 4.78 is 5.37. The summed E-state index contributed by atoms with van der Waals surface area (Å²) in [6, 6.07) is 4.79. The zero-order valence-electron chi connectivity index (χ0n) is 10.5. The predicted molar refractivity (Wildman–Crippen MR) is 71.1 cm³/mol. The molecule has 2 atom stereocenters. The lowest BCUT2D eigenvalue weighted by atomic mass is 10.1. The Balaban J connectivity index is 2.12. The highest BCUT2D eigenvalue weighted by Gasteiger charge is 2.07. The van der Waals surface area contributed by atoms with Gasteiger partial charge < -0.3 is 10.1 Å². The average Bonchev–Trinajstić information content (AvgIpc) is 2.76. The molecule has 0 amide bonds. The maximum Gasteiger partial charge on any atom is 0.0616 e. The van der Waals surface area contributed by atoms with E-state index in [2.05, 4.69) is 36.7 Å². The minimum absolute atomic E-state index is 0.450. The van der Waals surface area contributed by atoms with Crippen molar-refractivity contribution in [1.82, 2.24) is 5.32 Å². The fraction of sp³-hybridized carbons (Fsp3) is 0.692. The zero-order chi connectivity index (χ0) is 11.8. The van der Waals surface area contributed by atoms with E-state index < -0.39 is 0 Å². The summed E-state index contributed by atoms with van der Waals surface area (Å²) in [5.41, 5.74) is 0. The standard InChI is InChI=1S/C13H23NOS/c1-4-15-10-12(3)14-9-11(2)8-13-6-5-7-16-13/h5-7,11-12,14H,4,8-10H2,1-3H3. The molecule has 1 N–H and O–H groups in total. The Hall–Kier alpha value is -0.380. The first-order valence-electron chi connectivity index (χ1n) is 6.05. The van der Waals surface area contributed by atoms with Gasteiger partial charge in [0.25, 0.3) is 0 Å². The van der Waals surface area contributed by atoms with E-state index in [-0.39, 0.29) is 0 Å². The monoisotopic (exact) mass is 241 g/mol.